The molecule has 0 aromatic heterocycles. The number of imide groups is 1. The Morgan fingerprint density at radius 3 is 2.37 bits per heavy atom. The van der Waals surface area contributed by atoms with E-state index in [1.165, 1.54) is 4.90 Å². The van der Waals surface area contributed by atoms with E-state index in [-0.39, 0.29) is 11.8 Å². The summed E-state index contributed by atoms with van der Waals surface area (Å²) in [6.45, 7) is 3.19. The number of morpholine rings is 1. The van der Waals surface area contributed by atoms with Crippen LogP contribution in [-0.4, -0.2) is 62.0 Å². The second-order valence-electron chi connectivity index (χ2n) is 4.75. The first-order valence-electron chi connectivity index (χ1n) is 6.61. The molecule has 0 aromatic rings. The van der Waals surface area contributed by atoms with Crippen molar-refractivity contribution in [1.29, 1.82) is 0 Å². The van der Waals surface area contributed by atoms with Crippen molar-refractivity contribution in [3.63, 3.8) is 0 Å². The highest BCUT2D eigenvalue weighted by Crippen LogP contribution is 2.11. The lowest BCUT2D eigenvalue weighted by molar-refractivity contribution is -0.150. The van der Waals surface area contributed by atoms with E-state index in [9.17, 15) is 14.4 Å². The van der Waals surface area contributed by atoms with E-state index in [1.807, 2.05) is 0 Å². The van der Waals surface area contributed by atoms with E-state index in [4.69, 9.17) is 4.74 Å². The van der Waals surface area contributed by atoms with Crippen LogP contribution in [0, 0.1) is 5.92 Å². The van der Waals surface area contributed by atoms with E-state index in [2.05, 4.69) is 10.6 Å². The minimum absolute atomic E-state index is 0.178. The van der Waals surface area contributed by atoms with Crippen molar-refractivity contribution < 1.29 is 19.1 Å². The minimum Gasteiger partial charge on any atom is -0.378 e. The fourth-order valence-corrected chi connectivity index (χ4v) is 2.26. The highest BCUT2D eigenvalue weighted by molar-refractivity contribution is 6.37. The third-order valence-corrected chi connectivity index (χ3v) is 3.44. The second kappa shape index (κ2) is 6.63. The molecule has 2 fully saturated rings. The van der Waals surface area contributed by atoms with Gasteiger partial charge in [-0.05, 0) is 25.9 Å². The molecule has 0 aromatic carbocycles. The number of carbonyl (C=O) groups excluding carboxylic acids is 3. The first-order chi connectivity index (χ1) is 9.18. The second-order valence-corrected chi connectivity index (χ2v) is 4.75. The normalized spacial score (nSPS) is 20.9. The van der Waals surface area contributed by atoms with Gasteiger partial charge in [0.2, 0.25) is 5.91 Å². The van der Waals surface area contributed by atoms with Crippen LogP contribution >= 0.6 is 0 Å². The number of amides is 3. The zero-order chi connectivity index (χ0) is 13.7. The van der Waals surface area contributed by atoms with Gasteiger partial charge >= 0.3 is 11.8 Å². The predicted molar refractivity (Wildman–Crippen MR) is 66.1 cm³/mol. The number of nitrogens with one attached hydrogen (secondary N) is 2. The maximum Gasteiger partial charge on any atom is 0.316 e. The van der Waals surface area contributed by atoms with Crippen molar-refractivity contribution in [1.82, 2.24) is 15.5 Å². The molecule has 0 aliphatic carbocycles. The van der Waals surface area contributed by atoms with Gasteiger partial charge in [0, 0.05) is 19.0 Å². The molecule has 0 spiro atoms. The Hall–Kier alpha value is -1.47. The van der Waals surface area contributed by atoms with Crippen LogP contribution in [0.3, 0.4) is 0 Å². The molecule has 2 heterocycles. The zero-order valence-corrected chi connectivity index (χ0v) is 10.8. The molecular weight excluding hydrogens is 250 g/mol. The molecule has 3 amide bonds. The van der Waals surface area contributed by atoms with Gasteiger partial charge in [0.15, 0.2) is 0 Å². The predicted octanol–water partition coefficient (Wildman–Crippen LogP) is -1.51. The summed E-state index contributed by atoms with van der Waals surface area (Å²) in [6.07, 6.45) is 1.40. The van der Waals surface area contributed by atoms with E-state index in [1.54, 1.807) is 0 Å². The fraction of sp³-hybridized carbons (Fsp3) is 0.750. The molecule has 106 valence electrons. The Morgan fingerprint density at radius 2 is 1.74 bits per heavy atom. The van der Waals surface area contributed by atoms with E-state index in [0.717, 1.165) is 13.1 Å². The quantitative estimate of drug-likeness (QED) is 0.565. The maximum atomic E-state index is 11.8. The van der Waals surface area contributed by atoms with Crippen molar-refractivity contribution >= 4 is 17.7 Å². The summed E-state index contributed by atoms with van der Waals surface area (Å²) in [5.74, 6) is -1.99. The van der Waals surface area contributed by atoms with Gasteiger partial charge in [0.1, 0.15) is 0 Å². The van der Waals surface area contributed by atoms with Crippen molar-refractivity contribution in [3.05, 3.63) is 0 Å². The number of nitrogens with zero attached hydrogens (tertiary/aromatic N) is 1. The van der Waals surface area contributed by atoms with E-state index < -0.39 is 11.8 Å². The summed E-state index contributed by atoms with van der Waals surface area (Å²) in [7, 11) is 0. The zero-order valence-electron chi connectivity index (χ0n) is 10.8. The molecule has 0 radical (unpaired) electrons. The number of hydrogen-bond acceptors (Lipinski definition) is 5. The molecule has 0 atom stereocenters. The van der Waals surface area contributed by atoms with Gasteiger partial charge in [0.05, 0.1) is 13.2 Å². The molecule has 2 aliphatic heterocycles. The fourth-order valence-electron chi connectivity index (χ4n) is 2.26. The van der Waals surface area contributed by atoms with Gasteiger partial charge in [0.25, 0.3) is 0 Å². The first-order valence-corrected chi connectivity index (χ1v) is 6.61. The van der Waals surface area contributed by atoms with Crippen LogP contribution in [0.2, 0.25) is 0 Å². The van der Waals surface area contributed by atoms with Crippen molar-refractivity contribution in [2.75, 3.05) is 39.4 Å². The average molecular weight is 269 g/mol. The van der Waals surface area contributed by atoms with Crippen molar-refractivity contribution in [2.45, 2.75) is 12.8 Å². The highest BCUT2D eigenvalue weighted by atomic mass is 16.5. The molecular formula is C12H19N3O4. The van der Waals surface area contributed by atoms with Crippen molar-refractivity contribution in [3.8, 4) is 0 Å². The lowest BCUT2D eigenvalue weighted by atomic mass is 9.97. The summed E-state index contributed by atoms with van der Waals surface area (Å²) in [6, 6.07) is 0. The van der Waals surface area contributed by atoms with Crippen LogP contribution in [0.5, 0.6) is 0 Å². The molecule has 0 bridgehead atoms. The Kier molecular flexibility index (Phi) is 4.86. The Labute approximate surface area is 111 Å². The number of piperidine rings is 1. The molecule has 0 unspecified atom stereocenters. The molecule has 0 saturated carbocycles. The Bertz CT molecular complexity index is 360. The summed E-state index contributed by atoms with van der Waals surface area (Å²) in [5, 5.41) is 5.35. The first kappa shape index (κ1) is 14.0. The Balaban J connectivity index is 1.82. The number of rotatable bonds is 1. The van der Waals surface area contributed by atoms with Gasteiger partial charge in [-0.3, -0.25) is 19.7 Å². The smallest absolute Gasteiger partial charge is 0.316 e. The number of hydrogen-bond donors (Lipinski definition) is 2. The molecule has 7 heteroatoms. The Morgan fingerprint density at radius 1 is 1.11 bits per heavy atom. The van der Waals surface area contributed by atoms with Crippen molar-refractivity contribution in [2.24, 2.45) is 5.92 Å². The van der Waals surface area contributed by atoms with E-state index in [0.29, 0.717) is 39.1 Å². The molecule has 7 nitrogen and oxygen atoms in total. The SMILES string of the molecule is O=C(NC(=O)C1CCNCC1)C(=O)N1CCOCC1. The van der Waals surface area contributed by atoms with Crippen LogP contribution in [0.1, 0.15) is 12.8 Å². The van der Waals surface area contributed by atoms with Gasteiger partial charge in [-0.15, -0.1) is 0 Å². The summed E-state index contributed by atoms with van der Waals surface area (Å²) >= 11 is 0. The monoisotopic (exact) mass is 269 g/mol. The summed E-state index contributed by atoms with van der Waals surface area (Å²) in [5.41, 5.74) is 0. The van der Waals surface area contributed by atoms with Gasteiger partial charge in [-0.2, -0.15) is 0 Å². The van der Waals surface area contributed by atoms with Gasteiger partial charge < -0.3 is 15.0 Å². The van der Waals surface area contributed by atoms with Crippen LogP contribution < -0.4 is 10.6 Å². The summed E-state index contributed by atoms with van der Waals surface area (Å²) < 4.78 is 5.11. The van der Waals surface area contributed by atoms with Crippen LogP contribution in [-0.2, 0) is 19.1 Å². The lowest BCUT2D eigenvalue weighted by Gasteiger charge is -2.26. The summed E-state index contributed by atoms with van der Waals surface area (Å²) in [4.78, 5) is 36.8. The largest absolute Gasteiger partial charge is 0.378 e. The maximum absolute atomic E-state index is 11.8. The average Bonchev–Trinajstić information content (AvgIpc) is 2.48. The number of ether oxygens (including phenoxy) is 1. The minimum atomic E-state index is -0.828. The third-order valence-electron chi connectivity index (χ3n) is 3.44. The molecule has 2 N–H and O–H groups in total. The highest BCUT2D eigenvalue weighted by Gasteiger charge is 2.28. The molecule has 2 saturated heterocycles. The van der Waals surface area contributed by atoms with E-state index >= 15 is 0 Å². The molecule has 19 heavy (non-hydrogen) atoms. The number of carbonyl (C=O) groups is 3. The van der Waals surface area contributed by atoms with Crippen LogP contribution in [0.25, 0.3) is 0 Å². The third kappa shape index (κ3) is 3.74. The molecule has 2 rings (SSSR count). The van der Waals surface area contributed by atoms with Crippen LogP contribution in [0.4, 0.5) is 0 Å². The standard InChI is InChI=1S/C12H19N3O4/c16-10(9-1-3-13-4-2-9)14-11(17)12(18)15-5-7-19-8-6-15/h9,13H,1-8H2,(H,14,16,17). The topological polar surface area (TPSA) is 87.7 Å². The van der Waals surface area contributed by atoms with Gasteiger partial charge in [-0.1, -0.05) is 0 Å². The molecule has 2 aliphatic rings. The van der Waals surface area contributed by atoms with Gasteiger partial charge in [-0.25, -0.2) is 0 Å². The lowest BCUT2D eigenvalue weighted by Crippen LogP contribution is -2.50. The van der Waals surface area contributed by atoms with Crippen LogP contribution in [0.15, 0.2) is 0 Å².